The fraction of sp³-hybridized carbons (Fsp3) is 0.280. The minimum absolute atomic E-state index is 0.0392. The first-order valence-electron chi connectivity index (χ1n) is 11.3. The van der Waals surface area contributed by atoms with Crippen LogP contribution in [0.15, 0.2) is 65.7 Å². The van der Waals surface area contributed by atoms with Crippen LogP contribution in [-0.4, -0.2) is 57.4 Å². The molecule has 8 nitrogen and oxygen atoms in total. The number of aromatic nitrogens is 4. The van der Waals surface area contributed by atoms with Crippen molar-refractivity contribution in [2.24, 2.45) is 0 Å². The van der Waals surface area contributed by atoms with Crippen LogP contribution in [0.5, 0.6) is 0 Å². The van der Waals surface area contributed by atoms with E-state index in [2.05, 4.69) is 20.5 Å². The van der Waals surface area contributed by atoms with Gasteiger partial charge in [-0.1, -0.05) is 22.9 Å². The monoisotopic (exact) mass is 510 g/mol. The number of anilines is 1. The Labute approximate surface area is 212 Å². The van der Waals surface area contributed by atoms with E-state index < -0.39 is 0 Å². The first kappa shape index (κ1) is 24.8. The molecule has 1 N–H and O–H groups in total. The van der Waals surface area contributed by atoms with E-state index >= 15 is 0 Å². The molecular formula is C25H27ClN6O2S. The Morgan fingerprint density at radius 1 is 1.17 bits per heavy atom. The highest BCUT2D eigenvalue weighted by Crippen LogP contribution is 2.25. The number of Topliss-reactive ketones (excluding diaryl/α,β-unsaturated/α-hetero) is 1. The third-order valence-corrected chi connectivity index (χ3v) is 6.69. The molecule has 35 heavy (non-hydrogen) atoms. The zero-order valence-corrected chi connectivity index (χ0v) is 21.2. The van der Waals surface area contributed by atoms with E-state index in [-0.39, 0.29) is 11.3 Å². The molecule has 1 aromatic carbocycles. The van der Waals surface area contributed by atoms with Crippen LogP contribution in [-0.2, 0) is 6.42 Å². The zero-order valence-electron chi connectivity index (χ0n) is 19.6. The Hall–Kier alpha value is -3.27. The summed E-state index contributed by atoms with van der Waals surface area (Å²) < 4.78 is 3.91. The van der Waals surface area contributed by atoms with Gasteiger partial charge in [0.2, 0.25) is 0 Å². The van der Waals surface area contributed by atoms with Crippen molar-refractivity contribution in [3.8, 4) is 11.4 Å². The molecule has 0 fully saturated rings. The number of ketones is 1. The second-order valence-electron chi connectivity index (χ2n) is 8.38. The average Bonchev–Trinajstić information content (AvgIpc) is 3.49. The van der Waals surface area contributed by atoms with Crippen LogP contribution >= 0.6 is 22.9 Å². The normalized spacial score (nSPS) is 11.2. The van der Waals surface area contributed by atoms with Gasteiger partial charge in [0.15, 0.2) is 5.78 Å². The first-order chi connectivity index (χ1) is 16.9. The van der Waals surface area contributed by atoms with Gasteiger partial charge >= 0.3 is 0 Å². The van der Waals surface area contributed by atoms with Gasteiger partial charge in [-0.05, 0) is 63.5 Å². The summed E-state index contributed by atoms with van der Waals surface area (Å²) in [5, 5.41) is 12.0. The standard InChI is InChI=1S/C25H27ClN6O2S/c1-30(2)14-5-13-27-20-16-19(31-15-4-3-6-25(31)34)8-9-21(20)32-17-18(28-29-32)7-10-22(33)23-11-12-24(26)35-23/h3-4,6,8-9,11-12,15-17,27H,5,7,10,13-14H2,1-2H3. The smallest absolute Gasteiger partial charge is 0.255 e. The molecule has 0 atom stereocenters. The van der Waals surface area contributed by atoms with Crippen molar-refractivity contribution >= 4 is 34.4 Å². The molecule has 0 saturated carbocycles. The van der Waals surface area contributed by atoms with Gasteiger partial charge in [0.25, 0.3) is 5.56 Å². The van der Waals surface area contributed by atoms with Crippen LogP contribution in [0.2, 0.25) is 4.34 Å². The van der Waals surface area contributed by atoms with E-state index in [9.17, 15) is 9.59 Å². The molecule has 3 heterocycles. The number of nitrogens with one attached hydrogen (secondary N) is 1. The second kappa shape index (κ2) is 11.4. The number of nitrogens with zero attached hydrogens (tertiary/aromatic N) is 5. The van der Waals surface area contributed by atoms with Crippen molar-refractivity contribution in [3.63, 3.8) is 0 Å². The number of carbonyl (C=O) groups excluding carboxylic acids is 1. The van der Waals surface area contributed by atoms with E-state index in [0.717, 1.165) is 42.3 Å². The Morgan fingerprint density at radius 2 is 2.03 bits per heavy atom. The second-order valence-corrected chi connectivity index (χ2v) is 10.1. The molecule has 0 aliphatic rings. The van der Waals surface area contributed by atoms with Crippen molar-refractivity contribution in [1.29, 1.82) is 0 Å². The fourth-order valence-corrected chi connectivity index (χ4v) is 4.64. The molecule has 182 valence electrons. The summed E-state index contributed by atoms with van der Waals surface area (Å²) in [6, 6.07) is 14.3. The number of carbonyl (C=O) groups is 1. The summed E-state index contributed by atoms with van der Waals surface area (Å²) in [6.07, 6.45) is 5.36. The average molecular weight is 511 g/mol. The third kappa shape index (κ3) is 6.45. The maximum Gasteiger partial charge on any atom is 0.255 e. The molecule has 4 aromatic rings. The number of aryl methyl sites for hydroxylation is 1. The summed E-state index contributed by atoms with van der Waals surface area (Å²) in [7, 11) is 4.09. The SMILES string of the molecule is CN(C)CCCNc1cc(-n2ccccc2=O)ccc1-n1cc(CCC(=O)c2ccc(Cl)s2)nn1. The Balaban J connectivity index is 1.54. The fourth-order valence-electron chi connectivity index (χ4n) is 3.63. The number of hydrogen-bond acceptors (Lipinski definition) is 7. The molecule has 0 aliphatic heterocycles. The van der Waals surface area contributed by atoms with Gasteiger partial charge < -0.3 is 10.2 Å². The molecule has 0 saturated heterocycles. The van der Waals surface area contributed by atoms with Gasteiger partial charge in [-0.25, -0.2) is 4.68 Å². The lowest BCUT2D eigenvalue weighted by Gasteiger charge is -2.15. The first-order valence-corrected chi connectivity index (χ1v) is 12.5. The third-order valence-electron chi connectivity index (χ3n) is 5.42. The Kier molecular flexibility index (Phi) is 8.12. The molecule has 0 unspecified atom stereocenters. The molecule has 0 amide bonds. The maximum absolute atomic E-state index is 12.4. The molecule has 0 bridgehead atoms. The van der Waals surface area contributed by atoms with E-state index in [0.29, 0.717) is 22.1 Å². The van der Waals surface area contributed by atoms with Gasteiger partial charge in [0.1, 0.15) is 0 Å². The lowest BCUT2D eigenvalue weighted by molar-refractivity contribution is 0.0986. The summed E-state index contributed by atoms with van der Waals surface area (Å²) in [6.45, 7) is 1.72. The number of benzene rings is 1. The van der Waals surface area contributed by atoms with Gasteiger partial charge in [0.05, 0.1) is 38.2 Å². The quantitative estimate of drug-likeness (QED) is 0.239. The number of rotatable bonds is 11. The lowest BCUT2D eigenvalue weighted by Crippen LogP contribution is -2.18. The number of hydrogen-bond donors (Lipinski definition) is 1. The Bertz CT molecular complexity index is 1360. The minimum atomic E-state index is -0.0986. The largest absolute Gasteiger partial charge is 0.383 e. The van der Waals surface area contributed by atoms with Crippen LogP contribution in [0.3, 0.4) is 0 Å². The van der Waals surface area contributed by atoms with Crippen LogP contribution in [0.4, 0.5) is 5.69 Å². The highest BCUT2D eigenvalue weighted by molar-refractivity contribution is 7.18. The van der Waals surface area contributed by atoms with Crippen LogP contribution in [0, 0.1) is 0 Å². The molecule has 10 heteroatoms. The van der Waals surface area contributed by atoms with Gasteiger partial charge in [-0.15, -0.1) is 16.4 Å². The van der Waals surface area contributed by atoms with Gasteiger partial charge in [-0.2, -0.15) is 0 Å². The van der Waals surface area contributed by atoms with Crippen LogP contribution < -0.4 is 10.9 Å². The van der Waals surface area contributed by atoms with E-state index in [1.807, 2.05) is 44.6 Å². The summed E-state index contributed by atoms with van der Waals surface area (Å²) in [5.41, 5.74) is 3.05. The highest BCUT2D eigenvalue weighted by atomic mass is 35.5. The molecular weight excluding hydrogens is 484 g/mol. The minimum Gasteiger partial charge on any atom is -0.383 e. The molecule has 0 radical (unpaired) electrons. The van der Waals surface area contributed by atoms with E-state index in [1.54, 1.807) is 33.6 Å². The van der Waals surface area contributed by atoms with Crippen molar-refractivity contribution in [2.75, 3.05) is 32.5 Å². The number of thiophene rings is 1. The highest BCUT2D eigenvalue weighted by Gasteiger charge is 2.13. The van der Waals surface area contributed by atoms with Crippen molar-refractivity contribution in [3.05, 3.63) is 86.2 Å². The van der Waals surface area contributed by atoms with Crippen molar-refractivity contribution in [1.82, 2.24) is 24.5 Å². The number of pyridine rings is 1. The predicted molar refractivity (Wildman–Crippen MR) is 141 cm³/mol. The topological polar surface area (TPSA) is 85.0 Å². The molecule has 0 aliphatic carbocycles. The Morgan fingerprint density at radius 3 is 2.77 bits per heavy atom. The lowest BCUT2D eigenvalue weighted by atomic mass is 10.1. The van der Waals surface area contributed by atoms with Crippen LogP contribution in [0.1, 0.15) is 28.2 Å². The van der Waals surface area contributed by atoms with E-state index in [4.69, 9.17) is 11.6 Å². The predicted octanol–water partition coefficient (Wildman–Crippen LogP) is 4.31. The zero-order chi connectivity index (χ0) is 24.8. The summed E-state index contributed by atoms with van der Waals surface area (Å²) in [5.74, 6) is 0.0392. The maximum atomic E-state index is 12.4. The number of halogens is 1. The summed E-state index contributed by atoms with van der Waals surface area (Å²) >= 11 is 7.23. The van der Waals surface area contributed by atoms with Gasteiger partial charge in [-0.3, -0.25) is 14.2 Å². The van der Waals surface area contributed by atoms with Crippen molar-refractivity contribution in [2.45, 2.75) is 19.3 Å². The van der Waals surface area contributed by atoms with E-state index in [1.165, 1.54) is 17.4 Å². The van der Waals surface area contributed by atoms with Gasteiger partial charge in [0, 0.05) is 31.6 Å². The molecule has 0 spiro atoms. The summed E-state index contributed by atoms with van der Waals surface area (Å²) in [4.78, 5) is 27.5. The molecule has 4 rings (SSSR count). The molecule has 3 aromatic heterocycles. The van der Waals surface area contributed by atoms with Crippen molar-refractivity contribution < 1.29 is 4.79 Å². The van der Waals surface area contributed by atoms with Crippen LogP contribution in [0.25, 0.3) is 11.4 Å².